The molecule has 0 unspecified atom stereocenters. The van der Waals surface area contributed by atoms with Crippen LogP contribution in [0.4, 0.5) is 0 Å². The molecule has 1 saturated heterocycles. The molecule has 1 fully saturated rings. The summed E-state index contributed by atoms with van der Waals surface area (Å²) in [6, 6.07) is 3.87. The van der Waals surface area contributed by atoms with Crippen molar-refractivity contribution >= 4 is 0 Å². The highest BCUT2D eigenvalue weighted by molar-refractivity contribution is 5.50. The standard InChI is InChI=1S/C16H25NO4/c1-11-8-17(9-12(2)21-11)10-13-6-15(19-4)16(20-5)7-14(13)18-3/h6-7,11-12H,8-10H2,1-5H3/t11-,12-/m0/s1. The third kappa shape index (κ3) is 3.80. The van der Waals surface area contributed by atoms with Crippen LogP contribution in [0.1, 0.15) is 19.4 Å². The van der Waals surface area contributed by atoms with Gasteiger partial charge in [-0.2, -0.15) is 0 Å². The molecule has 0 N–H and O–H groups in total. The monoisotopic (exact) mass is 295 g/mol. The molecule has 5 nitrogen and oxygen atoms in total. The van der Waals surface area contributed by atoms with E-state index >= 15 is 0 Å². The highest BCUT2D eigenvalue weighted by atomic mass is 16.5. The summed E-state index contributed by atoms with van der Waals surface area (Å²) in [7, 11) is 4.95. The Hall–Kier alpha value is -1.46. The molecule has 2 atom stereocenters. The van der Waals surface area contributed by atoms with Crippen molar-refractivity contribution in [3.05, 3.63) is 17.7 Å². The van der Waals surface area contributed by atoms with E-state index in [1.165, 1.54) is 0 Å². The smallest absolute Gasteiger partial charge is 0.164 e. The first-order chi connectivity index (χ1) is 10.1. The van der Waals surface area contributed by atoms with E-state index in [1.54, 1.807) is 21.3 Å². The maximum atomic E-state index is 5.77. The van der Waals surface area contributed by atoms with Gasteiger partial charge in [-0.3, -0.25) is 4.90 Å². The lowest BCUT2D eigenvalue weighted by molar-refractivity contribution is -0.0706. The summed E-state index contributed by atoms with van der Waals surface area (Å²) < 4.78 is 22.0. The minimum Gasteiger partial charge on any atom is -0.496 e. The summed E-state index contributed by atoms with van der Waals surface area (Å²) in [5.41, 5.74) is 1.09. The van der Waals surface area contributed by atoms with Gasteiger partial charge in [0.25, 0.3) is 0 Å². The van der Waals surface area contributed by atoms with Crippen LogP contribution in [0.2, 0.25) is 0 Å². The van der Waals surface area contributed by atoms with Gasteiger partial charge in [-0.25, -0.2) is 0 Å². The van der Waals surface area contributed by atoms with Crippen LogP contribution in [0.15, 0.2) is 12.1 Å². The second-order valence-corrected chi connectivity index (χ2v) is 5.47. The van der Waals surface area contributed by atoms with Gasteiger partial charge in [-0.1, -0.05) is 0 Å². The average molecular weight is 295 g/mol. The second-order valence-electron chi connectivity index (χ2n) is 5.47. The van der Waals surface area contributed by atoms with Crippen molar-refractivity contribution in [2.24, 2.45) is 0 Å². The third-order valence-corrected chi connectivity index (χ3v) is 3.68. The number of hydrogen-bond donors (Lipinski definition) is 0. The lowest BCUT2D eigenvalue weighted by Gasteiger charge is -2.35. The van der Waals surface area contributed by atoms with Crippen LogP contribution in [0.25, 0.3) is 0 Å². The molecule has 1 aliphatic heterocycles. The molecule has 2 rings (SSSR count). The molecular formula is C16H25NO4. The lowest BCUT2D eigenvalue weighted by Crippen LogP contribution is -2.44. The highest BCUT2D eigenvalue weighted by Gasteiger charge is 2.23. The summed E-state index contributed by atoms with van der Waals surface area (Å²) in [5, 5.41) is 0. The summed E-state index contributed by atoms with van der Waals surface area (Å²) in [6.45, 7) is 6.86. The fourth-order valence-corrected chi connectivity index (χ4v) is 2.87. The first kappa shape index (κ1) is 15.9. The van der Waals surface area contributed by atoms with Crippen molar-refractivity contribution in [1.29, 1.82) is 0 Å². The van der Waals surface area contributed by atoms with Crippen molar-refractivity contribution in [3.8, 4) is 17.2 Å². The Balaban J connectivity index is 2.22. The molecule has 0 saturated carbocycles. The van der Waals surface area contributed by atoms with Crippen LogP contribution in [-0.2, 0) is 11.3 Å². The normalized spacial score (nSPS) is 22.9. The molecule has 1 aromatic rings. The van der Waals surface area contributed by atoms with Gasteiger partial charge in [-0.05, 0) is 19.9 Å². The van der Waals surface area contributed by atoms with Gasteiger partial charge >= 0.3 is 0 Å². The number of morpholine rings is 1. The summed E-state index contributed by atoms with van der Waals surface area (Å²) in [5.74, 6) is 2.23. The lowest BCUT2D eigenvalue weighted by atomic mass is 10.1. The Kier molecular flexibility index (Phi) is 5.31. The van der Waals surface area contributed by atoms with Gasteiger partial charge < -0.3 is 18.9 Å². The van der Waals surface area contributed by atoms with E-state index in [0.29, 0.717) is 5.75 Å². The molecule has 21 heavy (non-hydrogen) atoms. The van der Waals surface area contributed by atoms with Crippen molar-refractivity contribution in [3.63, 3.8) is 0 Å². The molecule has 0 amide bonds. The fourth-order valence-electron chi connectivity index (χ4n) is 2.87. The maximum Gasteiger partial charge on any atom is 0.164 e. The number of methoxy groups -OCH3 is 3. The van der Waals surface area contributed by atoms with E-state index in [1.807, 2.05) is 12.1 Å². The number of benzene rings is 1. The zero-order chi connectivity index (χ0) is 15.4. The third-order valence-electron chi connectivity index (χ3n) is 3.68. The van der Waals surface area contributed by atoms with Gasteiger partial charge in [0.15, 0.2) is 11.5 Å². The van der Waals surface area contributed by atoms with Crippen molar-refractivity contribution in [2.45, 2.75) is 32.6 Å². The summed E-state index contributed by atoms with van der Waals surface area (Å²) in [4.78, 5) is 2.38. The van der Waals surface area contributed by atoms with Crippen LogP contribution in [0.3, 0.4) is 0 Å². The largest absolute Gasteiger partial charge is 0.496 e. The Morgan fingerprint density at radius 3 is 2.00 bits per heavy atom. The van der Waals surface area contributed by atoms with Crippen molar-refractivity contribution in [1.82, 2.24) is 4.90 Å². The predicted molar refractivity (Wildman–Crippen MR) is 81.4 cm³/mol. The molecule has 0 spiro atoms. The minimum absolute atomic E-state index is 0.250. The zero-order valence-corrected chi connectivity index (χ0v) is 13.5. The molecule has 1 aromatic carbocycles. The quantitative estimate of drug-likeness (QED) is 0.834. The first-order valence-electron chi connectivity index (χ1n) is 7.24. The highest BCUT2D eigenvalue weighted by Crippen LogP contribution is 2.35. The van der Waals surface area contributed by atoms with Crippen LogP contribution >= 0.6 is 0 Å². The van der Waals surface area contributed by atoms with Crippen LogP contribution < -0.4 is 14.2 Å². The van der Waals surface area contributed by atoms with E-state index in [-0.39, 0.29) is 12.2 Å². The van der Waals surface area contributed by atoms with E-state index in [9.17, 15) is 0 Å². The second kappa shape index (κ2) is 7.00. The van der Waals surface area contributed by atoms with Gasteiger partial charge in [0.1, 0.15) is 5.75 Å². The van der Waals surface area contributed by atoms with Gasteiger partial charge in [0, 0.05) is 31.3 Å². The summed E-state index contributed by atoms with van der Waals surface area (Å²) >= 11 is 0. The first-order valence-corrected chi connectivity index (χ1v) is 7.24. The van der Waals surface area contributed by atoms with Crippen LogP contribution in [0.5, 0.6) is 17.2 Å². The molecular weight excluding hydrogens is 270 g/mol. The Morgan fingerprint density at radius 2 is 1.48 bits per heavy atom. The minimum atomic E-state index is 0.250. The predicted octanol–water partition coefficient (Wildman–Crippen LogP) is 2.32. The Bertz CT molecular complexity index is 468. The SMILES string of the molecule is COc1cc(OC)c(OC)cc1CN1C[C@H](C)O[C@@H](C)C1. The average Bonchev–Trinajstić information content (AvgIpc) is 2.45. The number of rotatable bonds is 5. The molecule has 0 aliphatic carbocycles. The van der Waals surface area contributed by atoms with E-state index in [2.05, 4.69) is 18.7 Å². The van der Waals surface area contributed by atoms with Gasteiger partial charge in [0.05, 0.1) is 33.5 Å². The molecule has 5 heteroatoms. The number of hydrogen-bond acceptors (Lipinski definition) is 5. The van der Waals surface area contributed by atoms with E-state index in [4.69, 9.17) is 18.9 Å². The zero-order valence-electron chi connectivity index (χ0n) is 13.5. The van der Waals surface area contributed by atoms with E-state index in [0.717, 1.165) is 36.7 Å². The van der Waals surface area contributed by atoms with Gasteiger partial charge in [-0.15, -0.1) is 0 Å². The van der Waals surface area contributed by atoms with Crippen molar-refractivity contribution in [2.75, 3.05) is 34.4 Å². The molecule has 0 aromatic heterocycles. The molecule has 1 heterocycles. The Labute approximate surface area is 126 Å². The van der Waals surface area contributed by atoms with Crippen LogP contribution in [0, 0.1) is 0 Å². The number of ether oxygens (including phenoxy) is 4. The Morgan fingerprint density at radius 1 is 0.952 bits per heavy atom. The van der Waals surface area contributed by atoms with Crippen LogP contribution in [-0.4, -0.2) is 51.5 Å². The molecule has 118 valence electrons. The molecule has 0 bridgehead atoms. The maximum absolute atomic E-state index is 5.77. The van der Waals surface area contributed by atoms with Gasteiger partial charge in [0.2, 0.25) is 0 Å². The summed E-state index contributed by atoms with van der Waals surface area (Å²) in [6.07, 6.45) is 0.500. The molecule has 1 aliphatic rings. The van der Waals surface area contributed by atoms with Crippen molar-refractivity contribution < 1.29 is 18.9 Å². The fraction of sp³-hybridized carbons (Fsp3) is 0.625. The number of nitrogens with zero attached hydrogens (tertiary/aromatic N) is 1. The topological polar surface area (TPSA) is 40.2 Å². The molecule has 0 radical (unpaired) electrons. The van der Waals surface area contributed by atoms with E-state index < -0.39 is 0 Å².